The molecular formula is C20H25N5O2. The van der Waals surface area contributed by atoms with E-state index in [9.17, 15) is 4.79 Å². The average molecular weight is 367 g/mol. The molecule has 4 rings (SSSR count). The van der Waals surface area contributed by atoms with Gasteiger partial charge >= 0.3 is 0 Å². The van der Waals surface area contributed by atoms with Crippen molar-refractivity contribution in [2.75, 3.05) is 19.7 Å². The second-order valence-corrected chi connectivity index (χ2v) is 7.11. The fourth-order valence-corrected chi connectivity index (χ4v) is 3.77. The van der Waals surface area contributed by atoms with Crippen molar-refractivity contribution in [1.82, 2.24) is 24.6 Å². The third-order valence-electron chi connectivity index (χ3n) is 5.20. The van der Waals surface area contributed by atoms with Crippen LogP contribution in [0, 0.1) is 0 Å². The highest BCUT2D eigenvalue weighted by atomic mass is 16.3. The van der Waals surface area contributed by atoms with Crippen LogP contribution in [-0.4, -0.2) is 55.4 Å². The molecule has 3 heterocycles. The number of piperidine rings is 1. The van der Waals surface area contributed by atoms with Crippen molar-refractivity contribution in [2.24, 2.45) is 0 Å². The van der Waals surface area contributed by atoms with Crippen molar-refractivity contribution >= 4 is 16.9 Å². The summed E-state index contributed by atoms with van der Waals surface area (Å²) in [4.78, 5) is 22.5. The Labute approximate surface area is 158 Å². The maximum atomic E-state index is 12.7. The van der Waals surface area contributed by atoms with Gasteiger partial charge in [0.1, 0.15) is 5.82 Å². The normalized spacial score (nSPS) is 17.5. The first-order valence-electron chi connectivity index (χ1n) is 9.58. The van der Waals surface area contributed by atoms with Crippen molar-refractivity contribution in [1.29, 1.82) is 0 Å². The Kier molecular flexibility index (Phi) is 5.20. The van der Waals surface area contributed by atoms with Gasteiger partial charge in [0.15, 0.2) is 0 Å². The molecule has 1 unspecified atom stereocenters. The molecule has 3 aromatic rings. The lowest BCUT2D eigenvalue weighted by molar-refractivity contribution is -0.132. The number of aryl methyl sites for hydroxylation is 1. The molecule has 0 bridgehead atoms. The van der Waals surface area contributed by atoms with Gasteiger partial charge in [0, 0.05) is 38.0 Å². The number of amides is 1. The number of hydrogen-bond donors (Lipinski definition) is 2. The number of aliphatic hydroxyl groups excluding tert-OH is 1. The standard InChI is InChI=1S/C20H25N5O2/c26-13-12-25-11-9-16(23-25)15-4-3-10-24(14-15)20(27)8-7-19-21-17-5-1-2-6-18(17)22-19/h1-2,5-6,9,11,15,26H,3-4,7-8,10,12-14H2,(H,21,22). The molecule has 2 aromatic heterocycles. The second kappa shape index (κ2) is 7.92. The summed E-state index contributed by atoms with van der Waals surface area (Å²) in [5, 5.41) is 13.6. The van der Waals surface area contributed by atoms with Crippen LogP contribution >= 0.6 is 0 Å². The minimum Gasteiger partial charge on any atom is -0.394 e. The third kappa shape index (κ3) is 4.03. The highest BCUT2D eigenvalue weighted by molar-refractivity contribution is 5.77. The first-order valence-corrected chi connectivity index (χ1v) is 9.58. The van der Waals surface area contributed by atoms with Crippen LogP contribution in [0.4, 0.5) is 0 Å². The molecule has 0 spiro atoms. The molecule has 1 saturated heterocycles. The van der Waals surface area contributed by atoms with Crippen molar-refractivity contribution in [2.45, 2.75) is 38.1 Å². The first-order chi connectivity index (χ1) is 13.2. The first kappa shape index (κ1) is 17.7. The Morgan fingerprint density at radius 1 is 1.30 bits per heavy atom. The van der Waals surface area contributed by atoms with E-state index in [1.165, 1.54) is 0 Å². The van der Waals surface area contributed by atoms with E-state index >= 15 is 0 Å². The van der Waals surface area contributed by atoms with E-state index in [0.717, 1.165) is 48.5 Å². The molecule has 1 amide bonds. The number of carbonyl (C=O) groups is 1. The van der Waals surface area contributed by atoms with E-state index in [2.05, 4.69) is 15.1 Å². The summed E-state index contributed by atoms with van der Waals surface area (Å²) in [7, 11) is 0. The number of aromatic amines is 1. The van der Waals surface area contributed by atoms with E-state index in [1.54, 1.807) is 4.68 Å². The Balaban J connectivity index is 1.35. The van der Waals surface area contributed by atoms with Gasteiger partial charge in [-0.3, -0.25) is 9.48 Å². The van der Waals surface area contributed by atoms with Crippen LogP contribution in [0.15, 0.2) is 36.5 Å². The number of rotatable bonds is 6. The highest BCUT2D eigenvalue weighted by Gasteiger charge is 2.26. The number of H-pyrrole nitrogens is 1. The molecule has 1 aliphatic heterocycles. The minimum absolute atomic E-state index is 0.0815. The van der Waals surface area contributed by atoms with E-state index in [1.807, 2.05) is 41.4 Å². The number of carbonyl (C=O) groups excluding carboxylic acids is 1. The van der Waals surface area contributed by atoms with E-state index in [-0.39, 0.29) is 18.4 Å². The number of aliphatic hydroxyl groups is 1. The molecule has 0 aliphatic carbocycles. The largest absolute Gasteiger partial charge is 0.394 e. The fourth-order valence-electron chi connectivity index (χ4n) is 3.77. The monoisotopic (exact) mass is 367 g/mol. The zero-order chi connectivity index (χ0) is 18.6. The van der Waals surface area contributed by atoms with E-state index in [4.69, 9.17) is 5.11 Å². The number of nitrogens with zero attached hydrogens (tertiary/aromatic N) is 4. The number of aromatic nitrogens is 4. The molecule has 142 valence electrons. The second-order valence-electron chi connectivity index (χ2n) is 7.11. The van der Waals surface area contributed by atoms with Crippen molar-refractivity contribution in [3.05, 3.63) is 48.0 Å². The third-order valence-corrected chi connectivity index (χ3v) is 5.20. The Morgan fingerprint density at radius 2 is 2.19 bits per heavy atom. The molecule has 7 nitrogen and oxygen atoms in total. The molecule has 0 radical (unpaired) electrons. The van der Waals surface area contributed by atoms with E-state index < -0.39 is 0 Å². The predicted octanol–water partition coefficient (Wildman–Crippen LogP) is 2.09. The molecule has 0 saturated carbocycles. The van der Waals surface area contributed by atoms with Gasteiger partial charge in [-0.15, -0.1) is 0 Å². The van der Waals surface area contributed by atoms with Crippen LogP contribution in [0.2, 0.25) is 0 Å². The van der Waals surface area contributed by atoms with Gasteiger partial charge in [0.2, 0.25) is 5.91 Å². The van der Waals surface area contributed by atoms with Gasteiger partial charge in [-0.1, -0.05) is 12.1 Å². The number of nitrogens with one attached hydrogen (secondary N) is 1. The maximum Gasteiger partial charge on any atom is 0.223 e. The molecule has 27 heavy (non-hydrogen) atoms. The Bertz CT molecular complexity index is 883. The summed E-state index contributed by atoms with van der Waals surface area (Å²) in [5.74, 6) is 1.31. The van der Waals surface area contributed by atoms with Crippen molar-refractivity contribution < 1.29 is 9.90 Å². The van der Waals surface area contributed by atoms with Gasteiger partial charge in [-0.25, -0.2) is 4.98 Å². The average Bonchev–Trinajstić information content (AvgIpc) is 3.33. The lowest BCUT2D eigenvalue weighted by Crippen LogP contribution is -2.39. The van der Waals surface area contributed by atoms with Crippen LogP contribution in [0.3, 0.4) is 0 Å². The summed E-state index contributed by atoms with van der Waals surface area (Å²) in [6.45, 7) is 2.12. The fraction of sp³-hybridized carbons (Fsp3) is 0.450. The minimum atomic E-state index is 0.0815. The van der Waals surface area contributed by atoms with Gasteiger partial charge in [0.25, 0.3) is 0 Å². The molecular weight excluding hydrogens is 342 g/mol. The number of hydrogen-bond acceptors (Lipinski definition) is 4. The molecule has 1 aliphatic rings. The summed E-state index contributed by atoms with van der Waals surface area (Å²) in [5.41, 5.74) is 2.96. The SMILES string of the molecule is O=C(CCc1nc2ccccc2[nH]1)N1CCCC(c2ccn(CCO)n2)C1. The number of likely N-dealkylation sites (tertiary alicyclic amines) is 1. The zero-order valence-electron chi connectivity index (χ0n) is 15.3. The van der Waals surface area contributed by atoms with Crippen LogP contribution in [0.5, 0.6) is 0 Å². The van der Waals surface area contributed by atoms with Crippen molar-refractivity contribution in [3.8, 4) is 0 Å². The number of para-hydroxylation sites is 2. The van der Waals surface area contributed by atoms with Gasteiger partial charge < -0.3 is 15.0 Å². The summed E-state index contributed by atoms with van der Waals surface area (Å²) < 4.78 is 1.76. The van der Waals surface area contributed by atoms with Gasteiger partial charge in [-0.05, 0) is 31.0 Å². The predicted molar refractivity (Wildman–Crippen MR) is 102 cm³/mol. The zero-order valence-corrected chi connectivity index (χ0v) is 15.3. The van der Waals surface area contributed by atoms with Crippen molar-refractivity contribution in [3.63, 3.8) is 0 Å². The molecule has 1 aromatic carbocycles. The molecule has 1 fully saturated rings. The van der Waals surface area contributed by atoms with Gasteiger partial charge in [0.05, 0.1) is 29.9 Å². The quantitative estimate of drug-likeness (QED) is 0.698. The summed E-state index contributed by atoms with van der Waals surface area (Å²) in [6, 6.07) is 9.92. The lowest BCUT2D eigenvalue weighted by atomic mass is 9.94. The van der Waals surface area contributed by atoms with Crippen LogP contribution in [0.25, 0.3) is 11.0 Å². The van der Waals surface area contributed by atoms with Crippen LogP contribution in [0.1, 0.15) is 36.7 Å². The molecule has 7 heteroatoms. The van der Waals surface area contributed by atoms with E-state index in [0.29, 0.717) is 19.4 Å². The van der Waals surface area contributed by atoms with Gasteiger partial charge in [-0.2, -0.15) is 5.10 Å². The topological polar surface area (TPSA) is 87.0 Å². The smallest absolute Gasteiger partial charge is 0.223 e. The van der Waals surface area contributed by atoms with Crippen LogP contribution < -0.4 is 0 Å². The van der Waals surface area contributed by atoms with Crippen LogP contribution in [-0.2, 0) is 17.8 Å². The Hall–Kier alpha value is -2.67. The molecule has 1 atom stereocenters. The Morgan fingerprint density at radius 3 is 3.04 bits per heavy atom. The summed E-state index contributed by atoms with van der Waals surface area (Å²) in [6.07, 6.45) is 5.02. The number of fused-ring (bicyclic) bond motifs is 1. The number of benzene rings is 1. The summed E-state index contributed by atoms with van der Waals surface area (Å²) >= 11 is 0. The lowest BCUT2D eigenvalue weighted by Gasteiger charge is -2.32. The highest BCUT2D eigenvalue weighted by Crippen LogP contribution is 2.26. The molecule has 2 N–H and O–H groups in total. The maximum absolute atomic E-state index is 12.7. The number of imidazole rings is 1.